The number of rotatable bonds is 5. The molecule has 7 heteroatoms. The normalized spacial score (nSPS) is 11.1. The zero-order valence-corrected chi connectivity index (χ0v) is 17.9. The Morgan fingerprint density at radius 2 is 1.93 bits per heavy atom. The number of amides is 1. The van der Waals surface area contributed by atoms with Gasteiger partial charge >= 0.3 is 0 Å². The Labute approximate surface area is 180 Å². The minimum Gasteiger partial charge on any atom is -0.336 e. The first-order chi connectivity index (χ1) is 14.5. The number of carbonyl (C=O) groups excluding carboxylic acids is 1. The monoisotopic (exact) mass is 419 g/mol. The molecule has 0 aliphatic rings. The number of hydrogen-bond donors (Lipinski definition) is 0. The van der Waals surface area contributed by atoms with Crippen LogP contribution in [0.1, 0.15) is 28.7 Å². The molecule has 0 radical (unpaired) electrons. The van der Waals surface area contributed by atoms with Gasteiger partial charge in [-0.1, -0.05) is 41.9 Å². The smallest absolute Gasteiger partial charge is 0.273 e. The van der Waals surface area contributed by atoms with Crippen molar-refractivity contribution < 1.29 is 4.79 Å². The van der Waals surface area contributed by atoms with Crippen molar-refractivity contribution in [3.05, 3.63) is 76.7 Å². The first-order valence-corrected chi connectivity index (χ1v) is 10.1. The maximum Gasteiger partial charge on any atom is 0.273 e. The lowest BCUT2D eigenvalue weighted by Gasteiger charge is -2.18. The van der Waals surface area contributed by atoms with E-state index >= 15 is 0 Å². The predicted molar refractivity (Wildman–Crippen MR) is 118 cm³/mol. The van der Waals surface area contributed by atoms with Gasteiger partial charge in [0.1, 0.15) is 5.69 Å². The van der Waals surface area contributed by atoms with Crippen LogP contribution in [0.5, 0.6) is 0 Å². The molecule has 0 unspecified atom stereocenters. The van der Waals surface area contributed by atoms with E-state index in [0.29, 0.717) is 28.6 Å². The van der Waals surface area contributed by atoms with E-state index in [-0.39, 0.29) is 5.91 Å². The van der Waals surface area contributed by atoms with Crippen LogP contribution in [0, 0.1) is 6.92 Å². The third-order valence-electron chi connectivity index (χ3n) is 5.15. The summed E-state index contributed by atoms with van der Waals surface area (Å²) < 4.78 is 1.92. The van der Waals surface area contributed by atoms with E-state index < -0.39 is 0 Å². The molecule has 0 spiro atoms. The van der Waals surface area contributed by atoms with Crippen LogP contribution >= 0.6 is 11.6 Å². The first-order valence-electron chi connectivity index (χ1n) is 9.77. The zero-order chi connectivity index (χ0) is 21.3. The van der Waals surface area contributed by atoms with Crippen LogP contribution in [0.3, 0.4) is 0 Å². The Kier molecular flexibility index (Phi) is 5.50. The molecule has 0 fully saturated rings. The van der Waals surface area contributed by atoms with Crippen molar-refractivity contribution >= 4 is 28.4 Å². The molecule has 4 rings (SSSR count). The van der Waals surface area contributed by atoms with Gasteiger partial charge in [-0.15, -0.1) is 0 Å². The fraction of sp³-hybridized carbons (Fsp3) is 0.217. The second-order valence-electron chi connectivity index (χ2n) is 7.16. The average Bonchev–Trinajstić information content (AvgIpc) is 3.11. The highest BCUT2D eigenvalue weighted by Gasteiger charge is 2.20. The lowest BCUT2D eigenvalue weighted by molar-refractivity contribution is 0.0781. The molecule has 0 bridgehead atoms. The Balaban J connectivity index is 1.74. The number of fused-ring (bicyclic) bond motifs is 1. The number of carbonyl (C=O) groups is 1. The van der Waals surface area contributed by atoms with Crippen molar-refractivity contribution in [3.8, 4) is 11.4 Å². The maximum absolute atomic E-state index is 13.4. The van der Waals surface area contributed by atoms with Gasteiger partial charge in [-0.3, -0.25) is 9.48 Å². The summed E-state index contributed by atoms with van der Waals surface area (Å²) in [4.78, 5) is 24.3. The van der Waals surface area contributed by atoms with Gasteiger partial charge < -0.3 is 4.90 Å². The minimum atomic E-state index is -0.166. The number of aryl methyl sites for hydroxylation is 1. The van der Waals surface area contributed by atoms with Crippen LogP contribution in [0.25, 0.3) is 22.3 Å². The average molecular weight is 420 g/mol. The van der Waals surface area contributed by atoms with Crippen molar-refractivity contribution in [2.24, 2.45) is 0 Å². The molecular weight excluding hydrogens is 398 g/mol. The van der Waals surface area contributed by atoms with Gasteiger partial charge in [0.25, 0.3) is 5.91 Å². The van der Waals surface area contributed by atoms with E-state index in [1.807, 2.05) is 61.1 Å². The Morgan fingerprint density at radius 3 is 2.67 bits per heavy atom. The highest BCUT2D eigenvalue weighted by Crippen LogP contribution is 2.25. The van der Waals surface area contributed by atoms with Crippen LogP contribution in [-0.2, 0) is 13.1 Å². The SMILES string of the molecule is CCn1ncc(CN(C)C(=O)c2nc(-c3cccc(Cl)c3)nc3ccccc23)c1C. The third-order valence-corrected chi connectivity index (χ3v) is 5.38. The van der Waals surface area contributed by atoms with Crippen molar-refractivity contribution in [2.75, 3.05) is 7.05 Å². The molecular formula is C23H22ClN5O. The summed E-state index contributed by atoms with van der Waals surface area (Å²) in [6, 6.07) is 14.9. The van der Waals surface area contributed by atoms with E-state index in [2.05, 4.69) is 15.1 Å². The molecule has 0 aliphatic heterocycles. The quantitative estimate of drug-likeness (QED) is 0.468. The second-order valence-corrected chi connectivity index (χ2v) is 7.59. The van der Waals surface area contributed by atoms with E-state index in [0.717, 1.165) is 28.8 Å². The molecule has 0 saturated heterocycles. The number of benzene rings is 2. The van der Waals surface area contributed by atoms with Crippen LogP contribution in [0.4, 0.5) is 0 Å². The molecule has 0 saturated carbocycles. The minimum absolute atomic E-state index is 0.166. The molecule has 0 aliphatic carbocycles. The van der Waals surface area contributed by atoms with E-state index in [1.165, 1.54) is 0 Å². The molecule has 30 heavy (non-hydrogen) atoms. The van der Waals surface area contributed by atoms with Crippen molar-refractivity contribution in [1.82, 2.24) is 24.6 Å². The standard InChI is InChI=1S/C23H22ClN5O/c1-4-29-15(2)17(13-25-29)14-28(3)23(30)21-19-10-5-6-11-20(19)26-22(27-21)16-8-7-9-18(24)12-16/h5-13H,4,14H2,1-3H3. The predicted octanol–water partition coefficient (Wildman–Crippen LogP) is 4.75. The summed E-state index contributed by atoms with van der Waals surface area (Å²) in [6.07, 6.45) is 1.82. The van der Waals surface area contributed by atoms with E-state index in [9.17, 15) is 4.79 Å². The van der Waals surface area contributed by atoms with Gasteiger partial charge in [-0.25, -0.2) is 9.97 Å². The van der Waals surface area contributed by atoms with Crippen LogP contribution in [0.2, 0.25) is 5.02 Å². The maximum atomic E-state index is 13.4. The third kappa shape index (κ3) is 3.78. The van der Waals surface area contributed by atoms with Gasteiger partial charge in [-0.2, -0.15) is 5.10 Å². The highest BCUT2D eigenvalue weighted by atomic mass is 35.5. The van der Waals surface area contributed by atoms with Crippen molar-refractivity contribution in [1.29, 1.82) is 0 Å². The van der Waals surface area contributed by atoms with Gasteiger partial charge in [0.05, 0.1) is 11.7 Å². The number of nitrogens with zero attached hydrogens (tertiary/aromatic N) is 5. The van der Waals surface area contributed by atoms with Gasteiger partial charge in [0, 0.05) is 47.4 Å². The Hall–Kier alpha value is -3.25. The zero-order valence-electron chi connectivity index (χ0n) is 17.1. The number of hydrogen-bond acceptors (Lipinski definition) is 4. The molecule has 0 atom stereocenters. The molecule has 0 N–H and O–H groups in total. The molecule has 4 aromatic rings. The molecule has 2 aromatic carbocycles. The molecule has 2 heterocycles. The molecule has 1 amide bonds. The number of halogens is 1. The Bertz CT molecular complexity index is 1230. The number of para-hydroxylation sites is 1. The molecule has 6 nitrogen and oxygen atoms in total. The van der Waals surface area contributed by atoms with Crippen molar-refractivity contribution in [3.63, 3.8) is 0 Å². The summed E-state index contributed by atoms with van der Waals surface area (Å²) in [5.74, 6) is 0.309. The number of aromatic nitrogens is 4. The van der Waals surface area contributed by atoms with Gasteiger partial charge in [0.2, 0.25) is 0 Å². The largest absolute Gasteiger partial charge is 0.336 e. The van der Waals surface area contributed by atoms with E-state index in [1.54, 1.807) is 24.1 Å². The Morgan fingerprint density at radius 1 is 1.13 bits per heavy atom. The van der Waals surface area contributed by atoms with E-state index in [4.69, 9.17) is 11.6 Å². The fourth-order valence-corrected chi connectivity index (χ4v) is 3.65. The lowest BCUT2D eigenvalue weighted by Crippen LogP contribution is -2.27. The summed E-state index contributed by atoms with van der Waals surface area (Å²) in [6.45, 7) is 5.31. The summed E-state index contributed by atoms with van der Waals surface area (Å²) in [5.41, 5.74) is 3.93. The van der Waals surface area contributed by atoms with Crippen LogP contribution < -0.4 is 0 Å². The van der Waals surface area contributed by atoms with Crippen LogP contribution in [0.15, 0.2) is 54.7 Å². The lowest BCUT2D eigenvalue weighted by atomic mass is 10.1. The summed E-state index contributed by atoms with van der Waals surface area (Å²) in [5, 5.41) is 5.69. The van der Waals surface area contributed by atoms with Gasteiger partial charge in [-0.05, 0) is 32.0 Å². The van der Waals surface area contributed by atoms with Crippen molar-refractivity contribution in [2.45, 2.75) is 26.9 Å². The van der Waals surface area contributed by atoms with Crippen LogP contribution in [-0.4, -0.2) is 37.6 Å². The highest BCUT2D eigenvalue weighted by molar-refractivity contribution is 6.30. The summed E-state index contributed by atoms with van der Waals surface area (Å²) >= 11 is 6.15. The fourth-order valence-electron chi connectivity index (χ4n) is 3.46. The summed E-state index contributed by atoms with van der Waals surface area (Å²) in [7, 11) is 1.78. The first kappa shape index (κ1) is 20.0. The second kappa shape index (κ2) is 8.24. The molecule has 152 valence electrons. The molecule has 2 aromatic heterocycles. The topological polar surface area (TPSA) is 63.9 Å². The van der Waals surface area contributed by atoms with Gasteiger partial charge in [0.15, 0.2) is 5.82 Å².